The van der Waals surface area contributed by atoms with Gasteiger partial charge >= 0.3 is 5.97 Å². The maximum Gasteiger partial charge on any atom is 0.335 e. The summed E-state index contributed by atoms with van der Waals surface area (Å²) in [5.74, 6) is -0.301. The first kappa shape index (κ1) is 15.3. The zero-order valence-electron chi connectivity index (χ0n) is 12.6. The third-order valence-electron chi connectivity index (χ3n) is 3.29. The SMILES string of the molecule is C/C=C/Nc1nc(-c2ccc(C(=O)O)cc2)nc2cn[nH]c(=O)c12. The number of nitrogens with zero attached hydrogens (tertiary/aromatic N) is 3. The lowest BCUT2D eigenvalue weighted by atomic mass is 10.1. The molecule has 0 aliphatic rings. The van der Waals surface area contributed by atoms with Gasteiger partial charge in [0, 0.05) is 5.56 Å². The third kappa shape index (κ3) is 2.84. The lowest BCUT2D eigenvalue weighted by molar-refractivity contribution is 0.0697. The summed E-state index contributed by atoms with van der Waals surface area (Å²) in [5.41, 5.74) is 0.793. The molecule has 0 radical (unpaired) electrons. The van der Waals surface area contributed by atoms with Crippen molar-refractivity contribution in [2.45, 2.75) is 6.92 Å². The molecular formula is C16H13N5O3. The van der Waals surface area contributed by atoms with E-state index >= 15 is 0 Å². The number of hydrogen-bond acceptors (Lipinski definition) is 6. The Labute approximate surface area is 135 Å². The van der Waals surface area contributed by atoms with Crippen molar-refractivity contribution in [3.05, 3.63) is 58.7 Å². The first-order valence-corrected chi connectivity index (χ1v) is 7.07. The molecule has 0 saturated carbocycles. The average molecular weight is 323 g/mol. The van der Waals surface area contributed by atoms with E-state index in [9.17, 15) is 9.59 Å². The molecule has 3 N–H and O–H groups in total. The largest absolute Gasteiger partial charge is 0.478 e. The highest BCUT2D eigenvalue weighted by Crippen LogP contribution is 2.22. The summed E-state index contributed by atoms with van der Waals surface area (Å²) >= 11 is 0. The van der Waals surface area contributed by atoms with E-state index in [1.165, 1.54) is 18.3 Å². The molecule has 120 valence electrons. The molecule has 8 heteroatoms. The Kier molecular flexibility index (Phi) is 4.02. The Bertz CT molecular complexity index is 993. The zero-order chi connectivity index (χ0) is 17.1. The minimum Gasteiger partial charge on any atom is -0.478 e. The Morgan fingerprint density at radius 3 is 2.67 bits per heavy atom. The number of aromatic carboxylic acids is 1. The molecule has 0 bridgehead atoms. The van der Waals surface area contributed by atoms with E-state index in [2.05, 4.69) is 25.5 Å². The van der Waals surface area contributed by atoms with Gasteiger partial charge in [-0.1, -0.05) is 18.2 Å². The Balaban J connectivity index is 2.18. The number of anilines is 1. The zero-order valence-corrected chi connectivity index (χ0v) is 12.6. The van der Waals surface area contributed by atoms with E-state index in [0.717, 1.165) is 0 Å². The Hall–Kier alpha value is -3.55. The number of hydrogen-bond donors (Lipinski definition) is 3. The molecule has 2 aromatic heterocycles. The highest BCUT2D eigenvalue weighted by molar-refractivity contribution is 5.90. The summed E-state index contributed by atoms with van der Waals surface area (Å²) in [6.45, 7) is 1.83. The predicted octanol–water partition coefficient (Wildman–Crippen LogP) is 2.02. The second-order valence-corrected chi connectivity index (χ2v) is 4.88. The number of benzene rings is 1. The van der Waals surface area contributed by atoms with Gasteiger partial charge < -0.3 is 10.4 Å². The Morgan fingerprint density at radius 1 is 1.25 bits per heavy atom. The normalized spacial score (nSPS) is 11.0. The fourth-order valence-corrected chi connectivity index (χ4v) is 2.16. The molecule has 3 aromatic rings. The average Bonchev–Trinajstić information content (AvgIpc) is 2.59. The third-order valence-corrected chi connectivity index (χ3v) is 3.29. The minimum absolute atomic E-state index is 0.171. The number of carbonyl (C=O) groups is 1. The second kappa shape index (κ2) is 6.29. The number of carboxylic acids is 1. The molecule has 3 rings (SSSR count). The smallest absolute Gasteiger partial charge is 0.335 e. The van der Waals surface area contributed by atoms with Crippen LogP contribution >= 0.6 is 0 Å². The molecule has 1 aromatic carbocycles. The van der Waals surface area contributed by atoms with Crippen molar-refractivity contribution in [1.29, 1.82) is 0 Å². The number of rotatable bonds is 4. The van der Waals surface area contributed by atoms with Crippen molar-refractivity contribution in [2.24, 2.45) is 0 Å². The lowest BCUT2D eigenvalue weighted by Crippen LogP contribution is -2.12. The Morgan fingerprint density at radius 2 is 2.00 bits per heavy atom. The number of aromatic amines is 1. The van der Waals surface area contributed by atoms with Crippen LogP contribution in [0.2, 0.25) is 0 Å². The van der Waals surface area contributed by atoms with Crippen molar-refractivity contribution in [3.8, 4) is 11.4 Å². The highest BCUT2D eigenvalue weighted by Gasteiger charge is 2.12. The van der Waals surface area contributed by atoms with Crippen LogP contribution in [0.15, 0.2) is 47.5 Å². The maximum atomic E-state index is 12.0. The molecule has 2 heterocycles. The molecule has 0 aliphatic heterocycles. The number of nitrogens with one attached hydrogen (secondary N) is 2. The molecule has 0 fully saturated rings. The summed E-state index contributed by atoms with van der Waals surface area (Å²) in [5, 5.41) is 18.3. The van der Waals surface area contributed by atoms with Gasteiger partial charge in [0.25, 0.3) is 5.56 Å². The summed E-state index contributed by atoms with van der Waals surface area (Å²) in [6.07, 6.45) is 4.86. The maximum absolute atomic E-state index is 12.0. The van der Waals surface area contributed by atoms with Gasteiger partial charge in [-0.3, -0.25) is 4.79 Å². The molecule has 0 atom stereocenters. The molecule has 8 nitrogen and oxygen atoms in total. The van der Waals surface area contributed by atoms with Crippen molar-refractivity contribution >= 4 is 22.7 Å². The van der Waals surface area contributed by atoms with Crippen LogP contribution in [0, 0.1) is 0 Å². The first-order valence-electron chi connectivity index (χ1n) is 7.07. The summed E-state index contributed by atoms with van der Waals surface area (Å²) < 4.78 is 0. The van der Waals surface area contributed by atoms with E-state index in [1.54, 1.807) is 24.4 Å². The molecular weight excluding hydrogens is 310 g/mol. The fraction of sp³-hybridized carbons (Fsp3) is 0.0625. The van der Waals surface area contributed by atoms with Crippen LogP contribution in [0.4, 0.5) is 5.82 Å². The summed E-state index contributed by atoms with van der Waals surface area (Å²) in [4.78, 5) is 31.7. The monoisotopic (exact) mass is 323 g/mol. The summed E-state index contributed by atoms with van der Waals surface area (Å²) in [7, 11) is 0. The van der Waals surface area contributed by atoms with E-state index < -0.39 is 11.5 Å². The van der Waals surface area contributed by atoms with Crippen LogP contribution in [0.3, 0.4) is 0 Å². The van der Waals surface area contributed by atoms with Crippen LogP contribution < -0.4 is 10.9 Å². The van der Waals surface area contributed by atoms with Crippen molar-refractivity contribution in [1.82, 2.24) is 20.2 Å². The van der Waals surface area contributed by atoms with Crippen LogP contribution in [-0.2, 0) is 0 Å². The predicted molar refractivity (Wildman–Crippen MR) is 88.8 cm³/mol. The van der Waals surface area contributed by atoms with E-state index in [4.69, 9.17) is 5.11 Å². The van der Waals surface area contributed by atoms with Gasteiger partial charge in [0.15, 0.2) is 5.82 Å². The number of fused-ring (bicyclic) bond motifs is 1. The number of allylic oxidation sites excluding steroid dienone is 1. The topological polar surface area (TPSA) is 121 Å². The van der Waals surface area contributed by atoms with Crippen LogP contribution in [0.1, 0.15) is 17.3 Å². The van der Waals surface area contributed by atoms with Gasteiger partial charge in [0.1, 0.15) is 16.7 Å². The van der Waals surface area contributed by atoms with E-state index in [-0.39, 0.29) is 5.56 Å². The molecule has 24 heavy (non-hydrogen) atoms. The van der Waals surface area contributed by atoms with Crippen molar-refractivity contribution in [2.75, 3.05) is 5.32 Å². The molecule has 0 aliphatic carbocycles. The van der Waals surface area contributed by atoms with Gasteiger partial charge in [-0.25, -0.2) is 19.9 Å². The number of aromatic nitrogens is 4. The standard InChI is InChI=1S/C16H13N5O3/c1-2-7-17-14-12-11(8-18-21-15(12)22)19-13(20-14)9-3-5-10(6-4-9)16(23)24/h2-8H,1H3,(H,21,22)(H,23,24)(H,17,19,20)/b7-2+. The van der Waals surface area contributed by atoms with Crippen LogP contribution in [-0.4, -0.2) is 31.2 Å². The van der Waals surface area contributed by atoms with E-state index in [1.807, 2.05) is 6.92 Å². The van der Waals surface area contributed by atoms with Gasteiger partial charge in [0.05, 0.1) is 11.8 Å². The van der Waals surface area contributed by atoms with Crippen LogP contribution in [0.25, 0.3) is 22.3 Å². The fourth-order valence-electron chi connectivity index (χ4n) is 2.16. The lowest BCUT2D eigenvalue weighted by Gasteiger charge is -2.07. The minimum atomic E-state index is -1.01. The van der Waals surface area contributed by atoms with Gasteiger partial charge in [0.2, 0.25) is 0 Å². The number of carboxylic acid groups (broad SMARTS) is 1. The van der Waals surface area contributed by atoms with E-state index in [0.29, 0.717) is 28.1 Å². The quantitative estimate of drug-likeness (QED) is 0.671. The molecule has 0 unspecified atom stereocenters. The highest BCUT2D eigenvalue weighted by atomic mass is 16.4. The van der Waals surface area contributed by atoms with Gasteiger partial charge in [-0.15, -0.1) is 0 Å². The van der Waals surface area contributed by atoms with Gasteiger partial charge in [-0.2, -0.15) is 5.10 Å². The van der Waals surface area contributed by atoms with Crippen molar-refractivity contribution in [3.63, 3.8) is 0 Å². The number of H-pyrrole nitrogens is 1. The van der Waals surface area contributed by atoms with Crippen molar-refractivity contribution < 1.29 is 9.90 Å². The molecule has 0 amide bonds. The van der Waals surface area contributed by atoms with Crippen LogP contribution in [0.5, 0.6) is 0 Å². The summed E-state index contributed by atoms with van der Waals surface area (Å²) in [6, 6.07) is 6.18. The molecule has 0 saturated heterocycles. The second-order valence-electron chi connectivity index (χ2n) is 4.88. The molecule has 0 spiro atoms. The van der Waals surface area contributed by atoms with Gasteiger partial charge in [-0.05, 0) is 25.3 Å². The first-order chi connectivity index (χ1) is 11.6.